The van der Waals surface area contributed by atoms with Crippen molar-refractivity contribution >= 4 is 6.03 Å². The molecule has 0 heterocycles. The van der Waals surface area contributed by atoms with Crippen molar-refractivity contribution in [2.45, 2.75) is 25.6 Å². The van der Waals surface area contributed by atoms with E-state index in [1.54, 1.807) is 26.1 Å². The third kappa shape index (κ3) is 6.10. The van der Waals surface area contributed by atoms with Crippen LogP contribution in [0.5, 0.6) is 0 Å². The molecule has 0 radical (unpaired) electrons. The van der Waals surface area contributed by atoms with Crippen molar-refractivity contribution < 1.29 is 19.0 Å². The number of carbonyl (C=O) groups is 1. The van der Waals surface area contributed by atoms with Crippen molar-refractivity contribution in [1.82, 2.24) is 10.2 Å². The van der Waals surface area contributed by atoms with Crippen molar-refractivity contribution in [1.29, 1.82) is 0 Å². The average Bonchev–Trinajstić information content (AvgIpc) is 2.46. The van der Waals surface area contributed by atoms with Crippen LogP contribution in [-0.2, 0) is 4.74 Å². The average molecular weight is 298 g/mol. The quantitative estimate of drug-likeness (QED) is 0.808. The first-order valence-corrected chi connectivity index (χ1v) is 6.89. The monoisotopic (exact) mass is 298 g/mol. The number of ether oxygens (including phenoxy) is 1. The van der Waals surface area contributed by atoms with Gasteiger partial charge in [-0.15, -0.1) is 0 Å². The van der Waals surface area contributed by atoms with Gasteiger partial charge in [0, 0.05) is 27.2 Å². The van der Waals surface area contributed by atoms with Gasteiger partial charge in [0.05, 0.1) is 12.2 Å². The Hall–Kier alpha value is -1.66. The first-order valence-electron chi connectivity index (χ1n) is 6.89. The van der Waals surface area contributed by atoms with Crippen LogP contribution in [0.3, 0.4) is 0 Å². The van der Waals surface area contributed by atoms with Crippen molar-refractivity contribution in [3.05, 3.63) is 35.6 Å². The van der Waals surface area contributed by atoms with E-state index >= 15 is 0 Å². The van der Waals surface area contributed by atoms with E-state index in [9.17, 15) is 14.3 Å². The fourth-order valence-electron chi connectivity index (χ4n) is 1.81. The van der Waals surface area contributed by atoms with Gasteiger partial charge in [-0.2, -0.15) is 0 Å². The second-order valence-electron chi connectivity index (χ2n) is 5.02. The minimum absolute atomic E-state index is 0.236. The lowest BCUT2D eigenvalue weighted by atomic mass is 10.1. The number of aliphatic hydroxyl groups is 1. The standard InChI is InChI=1S/C15H23FN2O3/c1-11(19)8-9-18(2)15(20)17-10-14(21-3)12-4-6-13(16)7-5-12/h4-7,11,14,19H,8-10H2,1-3H3,(H,17,20). The molecule has 0 saturated heterocycles. The Balaban J connectivity index is 2.47. The number of carbonyl (C=O) groups excluding carboxylic acids is 1. The molecule has 118 valence electrons. The van der Waals surface area contributed by atoms with Crippen LogP contribution < -0.4 is 5.32 Å². The molecule has 0 aliphatic rings. The topological polar surface area (TPSA) is 61.8 Å². The number of methoxy groups -OCH3 is 1. The minimum atomic E-state index is -0.439. The molecular weight excluding hydrogens is 275 g/mol. The maximum atomic E-state index is 12.9. The maximum Gasteiger partial charge on any atom is 0.317 e. The van der Waals surface area contributed by atoms with Crippen LogP contribution in [0, 0.1) is 5.82 Å². The SMILES string of the molecule is COC(CNC(=O)N(C)CCC(C)O)c1ccc(F)cc1. The molecule has 21 heavy (non-hydrogen) atoms. The second kappa shape index (κ2) is 8.59. The number of benzene rings is 1. The summed E-state index contributed by atoms with van der Waals surface area (Å²) in [5.74, 6) is -0.310. The second-order valence-corrected chi connectivity index (χ2v) is 5.02. The van der Waals surface area contributed by atoms with Crippen molar-refractivity contribution in [3.8, 4) is 0 Å². The molecule has 1 aromatic carbocycles. The zero-order chi connectivity index (χ0) is 15.8. The van der Waals surface area contributed by atoms with Crippen LogP contribution in [0.25, 0.3) is 0 Å². The van der Waals surface area contributed by atoms with Gasteiger partial charge in [0.15, 0.2) is 0 Å². The third-order valence-electron chi connectivity index (χ3n) is 3.19. The summed E-state index contributed by atoms with van der Waals surface area (Å²) in [7, 11) is 3.20. The molecule has 5 nitrogen and oxygen atoms in total. The summed E-state index contributed by atoms with van der Waals surface area (Å²) in [5.41, 5.74) is 0.797. The summed E-state index contributed by atoms with van der Waals surface area (Å²) in [5, 5.41) is 12.0. The Morgan fingerprint density at radius 3 is 2.57 bits per heavy atom. The number of halogens is 1. The van der Waals surface area contributed by atoms with Gasteiger partial charge in [-0.25, -0.2) is 9.18 Å². The van der Waals surface area contributed by atoms with Crippen LogP contribution >= 0.6 is 0 Å². The van der Waals surface area contributed by atoms with Gasteiger partial charge in [0.25, 0.3) is 0 Å². The Morgan fingerprint density at radius 1 is 1.43 bits per heavy atom. The molecule has 0 spiro atoms. The van der Waals surface area contributed by atoms with Crippen LogP contribution in [0.15, 0.2) is 24.3 Å². The van der Waals surface area contributed by atoms with Crippen molar-refractivity contribution in [2.75, 3.05) is 27.2 Å². The number of hydrogen-bond acceptors (Lipinski definition) is 3. The maximum absolute atomic E-state index is 12.9. The highest BCUT2D eigenvalue weighted by Gasteiger charge is 2.14. The fraction of sp³-hybridized carbons (Fsp3) is 0.533. The minimum Gasteiger partial charge on any atom is -0.393 e. The van der Waals surface area contributed by atoms with Crippen molar-refractivity contribution in [3.63, 3.8) is 0 Å². The first kappa shape index (κ1) is 17.4. The lowest BCUT2D eigenvalue weighted by Crippen LogP contribution is -2.40. The molecule has 0 aromatic heterocycles. The van der Waals surface area contributed by atoms with Gasteiger partial charge in [-0.05, 0) is 31.0 Å². The number of amides is 2. The predicted octanol–water partition coefficient (Wildman–Crippen LogP) is 1.93. The van der Waals surface area contributed by atoms with E-state index in [4.69, 9.17) is 4.74 Å². The molecule has 1 aromatic rings. The van der Waals surface area contributed by atoms with Gasteiger partial charge < -0.3 is 20.1 Å². The van der Waals surface area contributed by atoms with Crippen LogP contribution in [0.1, 0.15) is 25.0 Å². The number of nitrogens with one attached hydrogen (secondary N) is 1. The van der Waals surface area contributed by atoms with E-state index in [1.807, 2.05) is 0 Å². The highest BCUT2D eigenvalue weighted by atomic mass is 19.1. The predicted molar refractivity (Wildman–Crippen MR) is 78.5 cm³/mol. The molecule has 2 N–H and O–H groups in total. The molecule has 0 fully saturated rings. The summed E-state index contributed by atoms with van der Waals surface area (Å²) in [6, 6.07) is 5.75. The zero-order valence-corrected chi connectivity index (χ0v) is 12.7. The summed E-state index contributed by atoms with van der Waals surface area (Å²) < 4.78 is 18.2. The molecule has 0 bridgehead atoms. The summed E-state index contributed by atoms with van der Waals surface area (Å²) >= 11 is 0. The van der Waals surface area contributed by atoms with E-state index in [2.05, 4.69) is 5.32 Å². The van der Waals surface area contributed by atoms with Gasteiger partial charge in [-0.1, -0.05) is 12.1 Å². The number of hydrogen-bond donors (Lipinski definition) is 2. The number of urea groups is 1. The number of aliphatic hydroxyl groups excluding tert-OH is 1. The van der Waals surface area contributed by atoms with Crippen LogP contribution in [0.2, 0.25) is 0 Å². The molecule has 2 atom stereocenters. The molecule has 2 unspecified atom stereocenters. The van der Waals surface area contributed by atoms with Crippen LogP contribution in [-0.4, -0.2) is 49.4 Å². The number of rotatable bonds is 7. The Morgan fingerprint density at radius 2 is 2.05 bits per heavy atom. The number of nitrogens with zero attached hydrogens (tertiary/aromatic N) is 1. The first-order chi connectivity index (χ1) is 9.93. The van der Waals surface area contributed by atoms with Gasteiger partial charge in [0.2, 0.25) is 0 Å². The van der Waals surface area contributed by atoms with Gasteiger partial charge in [-0.3, -0.25) is 0 Å². The smallest absolute Gasteiger partial charge is 0.317 e. The normalized spacial score (nSPS) is 13.6. The zero-order valence-electron chi connectivity index (χ0n) is 12.7. The molecule has 6 heteroatoms. The third-order valence-corrected chi connectivity index (χ3v) is 3.19. The van der Waals surface area contributed by atoms with E-state index in [0.29, 0.717) is 19.5 Å². The van der Waals surface area contributed by atoms with E-state index in [1.165, 1.54) is 24.1 Å². The molecule has 2 amide bonds. The molecule has 0 saturated carbocycles. The van der Waals surface area contributed by atoms with Gasteiger partial charge in [0.1, 0.15) is 5.82 Å². The highest BCUT2D eigenvalue weighted by Crippen LogP contribution is 2.16. The van der Waals surface area contributed by atoms with Crippen molar-refractivity contribution in [2.24, 2.45) is 0 Å². The highest BCUT2D eigenvalue weighted by molar-refractivity contribution is 5.73. The summed E-state index contributed by atoms with van der Waals surface area (Å²) in [6.07, 6.45) is -0.249. The lowest BCUT2D eigenvalue weighted by Gasteiger charge is -2.21. The Bertz CT molecular complexity index is 437. The van der Waals surface area contributed by atoms with Crippen LogP contribution in [0.4, 0.5) is 9.18 Å². The largest absolute Gasteiger partial charge is 0.393 e. The molecular formula is C15H23FN2O3. The Kier molecular flexibility index (Phi) is 7.11. The molecule has 1 rings (SSSR count). The lowest BCUT2D eigenvalue weighted by molar-refractivity contribution is 0.101. The molecule has 0 aliphatic carbocycles. The summed E-state index contributed by atoms with van der Waals surface area (Å²) in [6.45, 7) is 2.44. The molecule has 0 aliphatic heterocycles. The Labute approximate surface area is 124 Å². The summed E-state index contributed by atoms with van der Waals surface area (Å²) in [4.78, 5) is 13.4. The fourth-order valence-corrected chi connectivity index (χ4v) is 1.81. The van der Waals surface area contributed by atoms with E-state index < -0.39 is 6.10 Å². The van der Waals surface area contributed by atoms with Gasteiger partial charge >= 0.3 is 6.03 Å². The van der Waals surface area contributed by atoms with E-state index in [-0.39, 0.29) is 18.0 Å². The van der Waals surface area contributed by atoms with E-state index in [0.717, 1.165) is 5.56 Å².